The van der Waals surface area contributed by atoms with Crippen LogP contribution in [0.2, 0.25) is 0 Å². The largest absolute Gasteiger partial charge is 0.490 e. The maximum atomic E-state index is 13.4. The Morgan fingerprint density at radius 3 is 2.44 bits per heavy atom. The number of ether oxygens (including phenoxy) is 3. The molecule has 0 saturated heterocycles. The second-order valence-corrected chi connectivity index (χ2v) is 9.42. The Bertz CT molecular complexity index is 1190. The van der Waals surface area contributed by atoms with Crippen molar-refractivity contribution in [3.05, 3.63) is 64.3 Å². The van der Waals surface area contributed by atoms with Crippen LogP contribution >= 0.6 is 11.3 Å². The molecule has 0 fully saturated rings. The van der Waals surface area contributed by atoms with Gasteiger partial charge in [0.05, 0.1) is 20.3 Å². The van der Waals surface area contributed by atoms with Gasteiger partial charge in [0.15, 0.2) is 11.5 Å². The second-order valence-electron chi connectivity index (χ2n) is 8.20. The maximum Gasteiger partial charge on any atom is 0.341 e. The Kier molecular flexibility index (Phi) is 9.87. The van der Waals surface area contributed by atoms with Gasteiger partial charge in [-0.2, -0.15) is 0 Å². The molecule has 0 unspecified atom stereocenters. The number of unbranched alkanes of at least 4 members (excludes halogenated alkanes) is 1. The van der Waals surface area contributed by atoms with E-state index >= 15 is 0 Å². The van der Waals surface area contributed by atoms with E-state index in [1.54, 1.807) is 12.1 Å². The molecular formula is C28H32FNO5S. The number of rotatable bonds is 12. The van der Waals surface area contributed by atoms with Crippen molar-refractivity contribution in [2.75, 3.05) is 25.6 Å². The molecule has 6 nitrogen and oxygen atoms in total. The third kappa shape index (κ3) is 6.85. The topological polar surface area (TPSA) is 73.9 Å². The molecule has 8 heteroatoms. The van der Waals surface area contributed by atoms with Gasteiger partial charge in [-0.05, 0) is 62.1 Å². The molecule has 0 bridgehead atoms. The molecule has 0 spiro atoms. The first-order valence-corrected chi connectivity index (χ1v) is 12.9. The number of thiophene rings is 1. The zero-order valence-corrected chi connectivity index (χ0v) is 21.9. The Morgan fingerprint density at radius 2 is 1.78 bits per heavy atom. The molecule has 2 aromatic carbocycles. The number of carbonyl (C=O) groups excluding carboxylic acids is 2. The summed E-state index contributed by atoms with van der Waals surface area (Å²) in [5.74, 6) is 0.205. The van der Waals surface area contributed by atoms with Crippen LogP contribution in [0, 0.1) is 12.7 Å². The first kappa shape index (κ1) is 27.2. The summed E-state index contributed by atoms with van der Waals surface area (Å²) in [4.78, 5) is 26.3. The molecule has 1 amide bonds. The average molecular weight is 514 g/mol. The van der Waals surface area contributed by atoms with Gasteiger partial charge in [-0.3, -0.25) is 4.79 Å². The van der Waals surface area contributed by atoms with E-state index in [0.29, 0.717) is 47.3 Å². The number of nitrogens with one attached hydrogen (secondary N) is 1. The number of methoxy groups -OCH3 is 1. The molecule has 1 heterocycles. The van der Waals surface area contributed by atoms with E-state index in [-0.39, 0.29) is 23.7 Å². The number of amides is 1. The van der Waals surface area contributed by atoms with Crippen LogP contribution in [0.1, 0.15) is 53.9 Å². The van der Waals surface area contributed by atoms with E-state index in [9.17, 15) is 14.0 Å². The Balaban J connectivity index is 1.74. The van der Waals surface area contributed by atoms with Gasteiger partial charge in [-0.25, -0.2) is 9.18 Å². The van der Waals surface area contributed by atoms with Crippen LogP contribution in [0.15, 0.2) is 42.5 Å². The van der Waals surface area contributed by atoms with E-state index in [0.717, 1.165) is 23.3 Å². The minimum atomic E-state index is -0.561. The highest BCUT2D eigenvalue weighted by Crippen LogP contribution is 2.40. The van der Waals surface area contributed by atoms with Gasteiger partial charge in [0.1, 0.15) is 16.4 Å². The summed E-state index contributed by atoms with van der Waals surface area (Å²) in [5, 5.41) is 3.29. The summed E-state index contributed by atoms with van der Waals surface area (Å²) < 4.78 is 30.0. The van der Waals surface area contributed by atoms with Crippen LogP contribution in [0.25, 0.3) is 11.1 Å². The highest BCUT2D eigenvalue weighted by atomic mass is 32.1. The van der Waals surface area contributed by atoms with Gasteiger partial charge >= 0.3 is 5.97 Å². The number of benzene rings is 2. The van der Waals surface area contributed by atoms with Crippen molar-refractivity contribution in [2.45, 2.75) is 46.5 Å². The van der Waals surface area contributed by atoms with E-state index in [1.807, 2.05) is 32.0 Å². The summed E-state index contributed by atoms with van der Waals surface area (Å²) in [7, 11) is 1.29. The standard InChI is InChI=1S/C28H32FNO5S/c1-5-7-16-35-22-14-8-19(17-23(22)34-6-2)9-15-24(31)30-27-26(28(32)33-4)25(18(3)36-27)20-10-12-21(29)13-11-20/h8,10-14,17H,5-7,9,15-16H2,1-4H3,(H,30,31). The Hall–Kier alpha value is -3.39. The molecule has 3 aromatic rings. The minimum absolute atomic E-state index is 0.213. The highest BCUT2D eigenvalue weighted by Gasteiger charge is 2.25. The Morgan fingerprint density at radius 1 is 1.03 bits per heavy atom. The van der Waals surface area contributed by atoms with Crippen molar-refractivity contribution in [3.8, 4) is 22.6 Å². The van der Waals surface area contributed by atoms with Crippen molar-refractivity contribution in [3.63, 3.8) is 0 Å². The summed E-state index contributed by atoms with van der Waals surface area (Å²) >= 11 is 1.29. The SMILES string of the molecule is CCCCOc1ccc(CCC(=O)Nc2sc(C)c(-c3ccc(F)cc3)c2C(=O)OC)cc1OCC. The van der Waals surface area contributed by atoms with Gasteiger partial charge < -0.3 is 19.5 Å². The number of carbonyl (C=O) groups is 2. The molecule has 1 aromatic heterocycles. The Labute approximate surface area is 215 Å². The molecule has 3 rings (SSSR count). The first-order valence-electron chi connectivity index (χ1n) is 12.0. The molecular weight excluding hydrogens is 481 g/mol. The van der Waals surface area contributed by atoms with Crippen LogP contribution in [0.5, 0.6) is 11.5 Å². The zero-order valence-electron chi connectivity index (χ0n) is 21.1. The summed E-state index contributed by atoms with van der Waals surface area (Å²) in [5.41, 5.74) is 2.52. The van der Waals surface area contributed by atoms with Crippen molar-refractivity contribution >= 4 is 28.2 Å². The number of halogens is 1. The van der Waals surface area contributed by atoms with Gasteiger partial charge in [0, 0.05) is 16.9 Å². The highest BCUT2D eigenvalue weighted by molar-refractivity contribution is 7.17. The number of esters is 1. The van der Waals surface area contributed by atoms with Crippen molar-refractivity contribution in [2.24, 2.45) is 0 Å². The number of hydrogen-bond acceptors (Lipinski definition) is 6. The van der Waals surface area contributed by atoms with Crippen molar-refractivity contribution < 1.29 is 28.2 Å². The lowest BCUT2D eigenvalue weighted by Gasteiger charge is -2.13. The molecule has 36 heavy (non-hydrogen) atoms. The normalized spacial score (nSPS) is 10.7. The van der Waals surface area contributed by atoms with E-state index in [1.165, 1.54) is 30.6 Å². The zero-order chi connectivity index (χ0) is 26.1. The summed E-state index contributed by atoms with van der Waals surface area (Å²) in [6.07, 6.45) is 2.71. The van der Waals surface area contributed by atoms with Crippen LogP contribution in [0.4, 0.5) is 9.39 Å². The number of hydrogen-bond donors (Lipinski definition) is 1. The van der Waals surface area contributed by atoms with Gasteiger partial charge in [0.2, 0.25) is 5.91 Å². The smallest absolute Gasteiger partial charge is 0.341 e. The monoisotopic (exact) mass is 513 g/mol. The third-order valence-corrected chi connectivity index (χ3v) is 6.58. The van der Waals surface area contributed by atoms with Gasteiger partial charge in [0.25, 0.3) is 0 Å². The van der Waals surface area contributed by atoms with Crippen molar-refractivity contribution in [1.82, 2.24) is 0 Å². The molecule has 0 aliphatic heterocycles. The fourth-order valence-electron chi connectivity index (χ4n) is 3.76. The lowest BCUT2D eigenvalue weighted by molar-refractivity contribution is -0.116. The molecule has 1 N–H and O–H groups in total. The summed E-state index contributed by atoms with van der Waals surface area (Å²) in [6.45, 7) is 7.01. The van der Waals surface area contributed by atoms with E-state index < -0.39 is 5.97 Å². The lowest BCUT2D eigenvalue weighted by atomic mass is 10.0. The molecule has 192 valence electrons. The molecule has 0 atom stereocenters. The summed E-state index contributed by atoms with van der Waals surface area (Å²) in [6, 6.07) is 11.6. The predicted molar refractivity (Wildman–Crippen MR) is 141 cm³/mol. The average Bonchev–Trinajstić information content (AvgIpc) is 3.19. The van der Waals surface area contributed by atoms with Crippen LogP contribution in [0.3, 0.4) is 0 Å². The molecule has 0 radical (unpaired) electrons. The first-order chi connectivity index (χ1) is 17.4. The second kappa shape index (κ2) is 13.1. The van der Waals surface area contributed by atoms with Crippen LogP contribution in [-0.2, 0) is 16.0 Å². The van der Waals surface area contributed by atoms with Crippen LogP contribution in [-0.4, -0.2) is 32.2 Å². The minimum Gasteiger partial charge on any atom is -0.490 e. The lowest BCUT2D eigenvalue weighted by Crippen LogP contribution is -2.14. The van der Waals surface area contributed by atoms with E-state index in [4.69, 9.17) is 14.2 Å². The van der Waals surface area contributed by atoms with Gasteiger partial charge in [-0.15, -0.1) is 11.3 Å². The quantitative estimate of drug-likeness (QED) is 0.213. The molecule has 0 saturated carbocycles. The fourth-order valence-corrected chi connectivity index (χ4v) is 4.84. The number of aryl methyl sites for hydroxylation is 2. The third-order valence-electron chi connectivity index (χ3n) is 5.56. The molecule has 0 aliphatic carbocycles. The van der Waals surface area contributed by atoms with Gasteiger partial charge in [-0.1, -0.05) is 31.5 Å². The predicted octanol–water partition coefficient (Wildman–Crippen LogP) is 6.80. The number of anilines is 1. The van der Waals surface area contributed by atoms with Crippen LogP contribution < -0.4 is 14.8 Å². The van der Waals surface area contributed by atoms with Crippen molar-refractivity contribution in [1.29, 1.82) is 0 Å². The van der Waals surface area contributed by atoms with E-state index in [2.05, 4.69) is 12.2 Å². The molecule has 0 aliphatic rings. The maximum absolute atomic E-state index is 13.4. The fraction of sp³-hybridized carbons (Fsp3) is 0.357.